The fraction of sp³-hybridized carbons (Fsp3) is 0.435. The van der Waals surface area contributed by atoms with E-state index < -0.39 is 17.0 Å². The van der Waals surface area contributed by atoms with Crippen LogP contribution in [-0.4, -0.2) is 15.2 Å². The zero-order valence-electron chi connectivity index (χ0n) is 16.8. The largest absolute Gasteiger partial charge is 0.445 e. The predicted molar refractivity (Wildman–Crippen MR) is 104 cm³/mol. The van der Waals surface area contributed by atoms with Gasteiger partial charge in [-0.25, -0.2) is 13.8 Å². The molecule has 2 heterocycles. The van der Waals surface area contributed by atoms with Gasteiger partial charge in [-0.05, 0) is 54.4 Å². The molecule has 0 N–H and O–H groups in total. The number of nitrogens with zero attached hydrogens (tertiary/aromatic N) is 3. The van der Waals surface area contributed by atoms with Gasteiger partial charge in [-0.15, -0.1) is 5.10 Å². The molecule has 2 atom stereocenters. The van der Waals surface area contributed by atoms with Crippen molar-refractivity contribution in [3.8, 4) is 11.3 Å². The van der Waals surface area contributed by atoms with Crippen LogP contribution < -0.4 is 0 Å². The Morgan fingerprint density at radius 3 is 2.66 bits per heavy atom. The second kappa shape index (κ2) is 6.18. The number of aryl methyl sites for hydroxylation is 1. The molecule has 1 aromatic carbocycles. The normalized spacial score (nSPS) is 24.1. The van der Waals surface area contributed by atoms with Crippen LogP contribution in [0.3, 0.4) is 0 Å². The molecular weight excluding hydrogens is 372 g/mol. The number of halogens is 2. The molecular formula is C23H23F2N3O. The molecule has 0 aliphatic heterocycles. The Hall–Kier alpha value is -2.63. The molecule has 1 fully saturated rings. The Balaban J connectivity index is 1.68. The quantitative estimate of drug-likeness (QED) is 0.580. The minimum absolute atomic E-state index is 0.123. The van der Waals surface area contributed by atoms with Gasteiger partial charge in [-0.3, -0.25) is 0 Å². The van der Waals surface area contributed by atoms with Crippen molar-refractivity contribution >= 4 is 0 Å². The first-order valence-corrected chi connectivity index (χ1v) is 10.2. The van der Waals surface area contributed by atoms with Gasteiger partial charge in [-0.1, -0.05) is 26.8 Å². The van der Waals surface area contributed by atoms with Gasteiger partial charge in [0.2, 0.25) is 0 Å². The minimum atomic E-state index is -0.629. The molecule has 5 rings (SSSR count). The van der Waals surface area contributed by atoms with Crippen molar-refractivity contribution in [2.75, 3.05) is 0 Å². The smallest absolute Gasteiger partial charge is 0.194 e. The topological polar surface area (TPSA) is 51.8 Å². The van der Waals surface area contributed by atoms with E-state index in [2.05, 4.69) is 36.0 Å². The monoisotopic (exact) mass is 395 g/mol. The van der Waals surface area contributed by atoms with Crippen LogP contribution >= 0.6 is 0 Å². The van der Waals surface area contributed by atoms with E-state index in [1.807, 2.05) is 12.3 Å². The summed E-state index contributed by atoms with van der Waals surface area (Å²) in [4.78, 5) is 4.47. The molecule has 2 bridgehead atoms. The second-order valence-electron chi connectivity index (χ2n) is 8.72. The maximum absolute atomic E-state index is 14.3. The highest BCUT2D eigenvalue weighted by atomic mass is 19.1. The zero-order chi connectivity index (χ0) is 20.4. The molecule has 2 aliphatic rings. The van der Waals surface area contributed by atoms with Gasteiger partial charge in [-0.2, -0.15) is 5.10 Å². The van der Waals surface area contributed by atoms with Gasteiger partial charge in [0.1, 0.15) is 17.4 Å². The van der Waals surface area contributed by atoms with Crippen LogP contribution in [0.4, 0.5) is 8.78 Å². The molecule has 29 heavy (non-hydrogen) atoms. The number of benzene rings is 1. The molecule has 0 spiro atoms. The molecule has 0 radical (unpaired) electrons. The third kappa shape index (κ3) is 2.31. The van der Waals surface area contributed by atoms with Crippen LogP contribution in [0.5, 0.6) is 0 Å². The lowest BCUT2D eigenvalue weighted by molar-refractivity contribution is 0.210. The van der Waals surface area contributed by atoms with Gasteiger partial charge in [0, 0.05) is 6.42 Å². The first kappa shape index (κ1) is 18.4. The van der Waals surface area contributed by atoms with Crippen LogP contribution in [0, 0.1) is 17.0 Å². The summed E-state index contributed by atoms with van der Waals surface area (Å²) in [5.74, 6) is 0.529. The van der Waals surface area contributed by atoms with Crippen molar-refractivity contribution < 1.29 is 13.2 Å². The lowest BCUT2D eigenvalue weighted by Gasteiger charge is -2.35. The van der Waals surface area contributed by atoms with E-state index in [1.165, 1.54) is 18.2 Å². The van der Waals surface area contributed by atoms with Gasteiger partial charge in [0.05, 0.1) is 28.6 Å². The first-order chi connectivity index (χ1) is 13.9. The summed E-state index contributed by atoms with van der Waals surface area (Å²) in [5, 5.41) is 8.78. The fourth-order valence-corrected chi connectivity index (χ4v) is 5.57. The highest BCUT2D eigenvalue weighted by molar-refractivity contribution is 5.64. The third-order valence-corrected chi connectivity index (χ3v) is 7.04. The average molecular weight is 395 g/mol. The van der Waals surface area contributed by atoms with E-state index in [-0.39, 0.29) is 22.6 Å². The summed E-state index contributed by atoms with van der Waals surface area (Å²) in [6.07, 6.45) is 5.46. The highest BCUT2D eigenvalue weighted by Crippen LogP contribution is 2.69. The molecule has 6 heteroatoms. The minimum Gasteiger partial charge on any atom is -0.445 e. The Morgan fingerprint density at radius 2 is 1.93 bits per heavy atom. The lowest BCUT2D eigenvalue weighted by atomic mass is 9.67. The standard InChI is InChI=1S/C23H23F2N3O/c1-4-6-19-26-12-18(29-19)23-10-9-14(22(23,2)3)13-11-17(27-28-21(13)23)20-15(24)7-5-8-16(20)25/h5,7-8,11-12,14H,4,6,9-10H2,1-3H3. The molecule has 4 nitrogen and oxygen atoms in total. The maximum Gasteiger partial charge on any atom is 0.194 e. The van der Waals surface area contributed by atoms with E-state index in [4.69, 9.17) is 4.42 Å². The van der Waals surface area contributed by atoms with Crippen molar-refractivity contribution in [3.05, 3.63) is 65.0 Å². The number of fused-ring (bicyclic) bond motifs is 5. The van der Waals surface area contributed by atoms with Crippen molar-refractivity contribution in [2.24, 2.45) is 5.41 Å². The van der Waals surface area contributed by atoms with Gasteiger partial charge < -0.3 is 4.42 Å². The molecule has 2 unspecified atom stereocenters. The van der Waals surface area contributed by atoms with Crippen LogP contribution in [0.1, 0.15) is 68.9 Å². The summed E-state index contributed by atoms with van der Waals surface area (Å²) >= 11 is 0. The zero-order valence-corrected chi connectivity index (χ0v) is 16.8. The van der Waals surface area contributed by atoms with E-state index in [9.17, 15) is 8.78 Å². The van der Waals surface area contributed by atoms with E-state index in [1.54, 1.807) is 0 Å². The first-order valence-electron chi connectivity index (χ1n) is 10.2. The van der Waals surface area contributed by atoms with Crippen molar-refractivity contribution in [2.45, 2.75) is 57.8 Å². The lowest BCUT2D eigenvalue weighted by Crippen LogP contribution is -2.36. The van der Waals surface area contributed by atoms with Gasteiger partial charge in [0.25, 0.3) is 0 Å². The molecule has 3 aromatic rings. The van der Waals surface area contributed by atoms with E-state index >= 15 is 0 Å². The fourth-order valence-electron chi connectivity index (χ4n) is 5.57. The summed E-state index contributed by atoms with van der Waals surface area (Å²) in [6.45, 7) is 6.53. The number of hydrogen-bond acceptors (Lipinski definition) is 4. The molecule has 2 aliphatic carbocycles. The molecule has 150 valence electrons. The van der Waals surface area contributed by atoms with Gasteiger partial charge in [0.15, 0.2) is 5.89 Å². The van der Waals surface area contributed by atoms with Crippen molar-refractivity contribution in [3.63, 3.8) is 0 Å². The average Bonchev–Trinajstić information content (AvgIpc) is 3.30. The van der Waals surface area contributed by atoms with Crippen molar-refractivity contribution in [1.29, 1.82) is 0 Å². The molecule has 2 aromatic heterocycles. The number of rotatable bonds is 4. The molecule has 1 saturated carbocycles. The van der Waals surface area contributed by atoms with Crippen molar-refractivity contribution in [1.82, 2.24) is 15.2 Å². The maximum atomic E-state index is 14.3. The Labute approximate surface area is 168 Å². The SMILES string of the molecule is CCCc1ncc(C23CCC(c4cc(-c5c(F)cccc5F)nnc42)C3(C)C)o1. The van der Waals surface area contributed by atoms with Crippen LogP contribution in [0.15, 0.2) is 34.9 Å². The summed E-state index contributed by atoms with van der Waals surface area (Å²) in [6, 6.07) is 5.66. The predicted octanol–water partition coefficient (Wildman–Crippen LogP) is 5.57. The molecule has 0 amide bonds. The van der Waals surface area contributed by atoms with Crippen LogP contribution in [-0.2, 0) is 11.8 Å². The number of hydrogen-bond donors (Lipinski definition) is 0. The summed E-state index contributed by atoms with van der Waals surface area (Å²) < 4.78 is 34.8. The summed E-state index contributed by atoms with van der Waals surface area (Å²) in [5.41, 5.74) is 1.43. The van der Waals surface area contributed by atoms with Crippen LogP contribution in [0.25, 0.3) is 11.3 Å². The van der Waals surface area contributed by atoms with E-state index in [0.29, 0.717) is 0 Å². The Morgan fingerprint density at radius 1 is 1.17 bits per heavy atom. The van der Waals surface area contributed by atoms with Crippen LogP contribution in [0.2, 0.25) is 0 Å². The summed E-state index contributed by atoms with van der Waals surface area (Å²) in [7, 11) is 0. The highest BCUT2D eigenvalue weighted by Gasteiger charge is 2.66. The number of oxazole rings is 1. The molecule has 0 saturated heterocycles. The second-order valence-corrected chi connectivity index (χ2v) is 8.72. The van der Waals surface area contributed by atoms with Gasteiger partial charge >= 0.3 is 0 Å². The Kier molecular flexibility index (Phi) is 3.92. The third-order valence-electron chi connectivity index (χ3n) is 7.04. The Bertz CT molecular complexity index is 1090. The van der Waals surface area contributed by atoms with E-state index in [0.717, 1.165) is 48.6 Å². The number of aromatic nitrogens is 3.